The van der Waals surface area contributed by atoms with Crippen molar-refractivity contribution in [2.45, 2.75) is 25.9 Å². The largest absolute Gasteiger partial charge is 0.468 e. The van der Waals surface area contributed by atoms with Crippen LogP contribution >= 0.6 is 24.8 Å². The molecule has 1 atom stereocenters. The Balaban J connectivity index is 0.00000264. The summed E-state index contributed by atoms with van der Waals surface area (Å²) < 4.78 is 40.6. The van der Waals surface area contributed by atoms with Crippen molar-refractivity contribution >= 4 is 36.4 Å². The van der Waals surface area contributed by atoms with E-state index in [-0.39, 0.29) is 36.6 Å². The van der Waals surface area contributed by atoms with Gasteiger partial charge >= 0.3 is 6.18 Å². The van der Waals surface area contributed by atoms with Crippen LogP contribution in [-0.2, 0) is 4.79 Å². The molecule has 0 radical (unpaired) electrons. The van der Waals surface area contributed by atoms with Crippen LogP contribution in [0.2, 0.25) is 0 Å². The molecule has 0 bridgehead atoms. The molecule has 1 unspecified atom stereocenters. The molecule has 2 rings (SSSR count). The second-order valence-electron chi connectivity index (χ2n) is 5.58. The van der Waals surface area contributed by atoms with E-state index in [1.165, 1.54) is 18.3 Å². The predicted molar refractivity (Wildman–Crippen MR) is 89.1 cm³/mol. The van der Waals surface area contributed by atoms with Gasteiger partial charge in [-0.05, 0) is 32.4 Å². The van der Waals surface area contributed by atoms with E-state index >= 15 is 0 Å². The molecule has 0 saturated carbocycles. The number of amides is 1. The summed E-state index contributed by atoms with van der Waals surface area (Å²) in [4.78, 5) is 16.0. The van der Waals surface area contributed by atoms with Crippen LogP contribution in [-0.4, -0.2) is 36.8 Å². The van der Waals surface area contributed by atoms with E-state index in [9.17, 15) is 18.0 Å². The Hall–Kier alpha value is -1.25. The zero-order chi connectivity index (χ0) is 16.2. The van der Waals surface area contributed by atoms with Gasteiger partial charge in [-0.3, -0.25) is 4.79 Å². The Morgan fingerprint density at radius 3 is 2.62 bits per heavy atom. The zero-order valence-corrected chi connectivity index (χ0v) is 14.6. The van der Waals surface area contributed by atoms with Gasteiger partial charge in [0.05, 0.1) is 17.3 Å². The quantitative estimate of drug-likeness (QED) is 0.829. The average Bonchev–Trinajstić information content (AvgIpc) is 2.46. The van der Waals surface area contributed by atoms with E-state index < -0.39 is 18.2 Å². The first kappa shape index (κ1) is 22.8. The van der Waals surface area contributed by atoms with Crippen molar-refractivity contribution in [2.75, 3.05) is 25.0 Å². The topological polar surface area (TPSA) is 63.2 Å². The number of rotatable bonds is 4. The summed E-state index contributed by atoms with van der Waals surface area (Å²) in [7, 11) is 0. The lowest BCUT2D eigenvalue weighted by atomic mass is 9.82. The Kier molecular flexibility index (Phi) is 8.81. The summed E-state index contributed by atoms with van der Waals surface area (Å²) in [5.74, 6) is -0.272. The van der Waals surface area contributed by atoms with E-state index in [0.29, 0.717) is 12.2 Å². The van der Waals surface area contributed by atoms with E-state index in [1.807, 2.05) is 6.92 Å². The van der Waals surface area contributed by atoms with Crippen LogP contribution in [0.25, 0.3) is 0 Å². The molecule has 1 aliphatic heterocycles. The highest BCUT2D eigenvalue weighted by atomic mass is 35.5. The SMILES string of the molecule is CC1(C(=O)Nc2ccc(OCC(F)(F)F)nc2)CCCNC1.Cl.Cl. The molecule has 0 aliphatic carbocycles. The fraction of sp³-hybridized carbons (Fsp3) is 0.571. The Labute approximate surface area is 150 Å². The molecule has 5 nitrogen and oxygen atoms in total. The first-order valence-electron chi connectivity index (χ1n) is 6.96. The lowest BCUT2D eigenvalue weighted by Gasteiger charge is -2.32. The maximum atomic E-state index is 12.3. The Bertz CT molecular complexity index is 521. The summed E-state index contributed by atoms with van der Waals surface area (Å²) in [6.07, 6.45) is -1.42. The van der Waals surface area contributed by atoms with Crippen molar-refractivity contribution in [3.63, 3.8) is 0 Å². The van der Waals surface area contributed by atoms with Crippen molar-refractivity contribution < 1.29 is 22.7 Å². The summed E-state index contributed by atoms with van der Waals surface area (Å²) in [6, 6.07) is 2.76. The van der Waals surface area contributed by atoms with Crippen molar-refractivity contribution in [3.05, 3.63) is 18.3 Å². The average molecular weight is 390 g/mol. The van der Waals surface area contributed by atoms with E-state index in [0.717, 1.165) is 19.4 Å². The minimum Gasteiger partial charge on any atom is -0.468 e. The molecular formula is C14H20Cl2F3N3O2. The number of hydrogen-bond acceptors (Lipinski definition) is 4. The van der Waals surface area contributed by atoms with Gasteiger partial charge in [0.15, 0.2) is 6.61 Å². The molecule has 1 aliphatic rings. The fourth-order valence-corrected chi connectivity index (χ4v) is 2.23. The molecule has 1 aromatic heterocycles. The molecule has 10 heteroatoms. The Morgan fingerprint density at radius 2 is 2.12 bits per heavy atom. The predicted octanol–water partition coefficient (Wildman–Crippen LogP) is 3.19. The van der Waals surface area contributed by atoms with E-state index in [1.54, 1.807) is 0 Å². The van der Waals surface area contributed by atoms with Crippen LogP contribution < -0.4 is 15.4 Å². The molecule has 138 valence electrons. The van der Waals surface area contributed by atoms with Gasteiger partial charge in [-0.25, -0.2) is 4.98 Å². The van der Waals surface area contributed by atoms with Crippen molar-refractivity contribution in [1.82, 2.24) is 10.3 Å². The summed E-state index contributed by atoms with van der Waals surface area (Å²) >= 11 is 0. The van der Waals surface area contributed by atoms with Crippen LogP contribution in [0.5, 0.6) is 5.88 Å². The third-order valence-corrected chi connectivity index (χ3v) is 3.52. The van der Waals surface area contributed by atoms with Crippen LogP contribution in [0.4, 0.5) is 18.9 Å². The van der Waals surface area contributed by atoms with Gasteiger partial charge in [-0.1, -0.05) is 0 Å². The first-order chi connectivity index (χ1) is 10.3. The fourth-order valence-electron chi connectivity index (χ4n) is 2.23. The number of aromatic nitrogens is 1. The van der Waals surface area contributed by atoms with Gasteiger partial charge in [-0.15, -0.1) is 24.8 Å². The molecule has 0 spiro atoms. The molecule has 1 amide bonds. The number of nitrogens with one attached hydrogen (secondary N) is 2. The van der Waals surface area contributed by atoms with Crippen molar-refractivity contribution in [3.8, 4) is 5.88 Å². The Morgan fingerprint density at radius 1 is 1.42 bits per heavy atom. The van der Waals surface area contributed by atoms with Gasteiger partial charge in [0, 0.05) is 12.6 Å². The molecule has 2 N–H and O–H groups in total. The number of ether oxygens (including phenoxy) is 1. The molecule has 24 heavy (non-hydrogen) atoms. The normalized spacial score (nSPS) is 20.3. The zero-order valence-electron chi connectivity index (χ0n) is 13.0. The van der Waals surface area contributed by atoms with Gasteiger partial charge in [0.1, 0.15) is 0 Å². The molecule has 1 aromatic rings. The highest BCUT2D eigenvalue weighted by molar-refractivity contribution is 5.95. The van der Waals surface area contributed by atoms with Crippen LogP contribution in [0.15, 0.2) is 18.3 Å². The van der Waals surface area contributed by atoms with Crippen molar-refractivity contribution in [1.29, 1.82) is 0 Å². The number of carbonyl (C=O) groups excluding carboxylic acids is 1. The first-order valence-corrected chi connectivity index (χ1v) is 6.96. The number of anilines is 1. The molecule has 0 aromatic carbocycles. The van der Waals surface area contributed by atoms with Crippen LogP contribution in [0, 0.1) is 5.41 Å². The number of halogens is 5. The minimum atomic E-state index is -4.41. The highest BCUT2D eigenvalue weighted by Gasteiger charge is 2.34. The molecule has 1 saturated heterocycles. The number of hydrogen-bond donors (Lipinski definition) is 2. The standard InChI is InChI=1S/C14H18F3N3O2.2ClH/c1-13(5-2-6-18-8-13)12(21)20-10-3-4-11(19-7-10)22-9-14(15,16)17;;/h3-4,7,18H,2,5-6,8-9H2,1H3,(H,20,21);2*1H. The monoisotopic (exact) mass is 389 g/mol. The number of alkyl halides is 3. The minimum absolute atomic E-state index is 0. The van der Waals surface area contributed by atoms with Crippen molar-refractivity contribution in [2.24, 2.45) is 5.41 Å². The van der Waals surface area contributed by atoms with Gasteiger partial charge in [0.25, 0.3) is 0 Å². The number of nitrogens with zero attached hydrogens (tertiary/aromatic N) is 1. The second-order valence-corrected chi connectivity index (χ2v) is 5.58. The van der Waals surface area contributed by atoms with Crippen LogP contribution in [0.3, 0.4) is 0 Å². The van der Waals surface area contributed by atoms with Gasteiger partial charge < -0.3 is 15.4 Å². The van der Waals surface area contributed by atoms with E-state index in [4.69, 9.17) is 0 Å². The van der Waals surface area contributed by atoms with E-state index in [2.05, 4.69) is 20.4 Å². The molecule has 1 fully saturated rings. The summed E-state index contributed by atoms with van der Waals surface area (Å²) in [5.41, 5.74) is -0.0693. The highest BCUT2D eigenvalue weighted by Crippen LogP contribution is 2.27. The van der Waals surface area contributed by atoms with Crippen LogP contribution in [0.1, 0.15) is 19.8 Å². The molecule has 2 heterocycles. The smallest absolute Gasteiger partial charge is 0.422 e. The molecular weight excluding hydrogens is 370 g/mol. The number of pyridine rings is 1. The third-order valence-electron chi connectivity index (χ3n) is 3.52. The second kappa shape index (κ2) is 9.29. The summed E-state index contributed by atoms with van der Waals surface area (Å²) in [5, 5.41) is 5.91. The maximum absolute atomic E-state index is 12.3. The third kappa shape index (κ3) is 6.70. The number of carbonyl (C=O) groups is 1. The van der Waals surface area contributed by atoms with Gasteiger partial charge in [0.2, 0.25) is 11.8 Å². The lowest BCUT2D eigenvalue weighted by Crippen LogP contribution is -2.46. The lowest BCUT2D eigenvalue weighted by molar-refractivity contribution is -0.154. The summed E-state index contributed by atoms with van der Waals surface area (Å²) in [6.45, 7) is 1.98. The van der Waals surface area contributed by atoms with Gasteiger partial charge in [-0.2, -0.15) is 13.2 Å². The number of piperidine rings is 1. The maximum Gasteiger partial charge on any atom is 0.422 e.